The van der Waals surface area contributed by atoms with Gasteiger partial charge in [0.25, 0.3) is 10.2 Å². The molecule has 0 radical (unpaired) electrons. The Bertz CT molecular complexity index is 957. The zero-order valence-corrected chi connectivity index (χ0v) is 17.1. The molecule has 0 saturated carbocycles. The van der Waals surface area contributed by atoms with Gasteiger partial charge >= 0.3 is 0 Å². The fourth-order valence-electron chi connectivity index (χ4n) is 3.87. The number of fused-ring (bicyclic) bond motifs is 1. The first kappa shape index (κ1) is 20.0. The fraction of sp³-hybridized carbons (Fsp3) is 0.381. The van der Waals surface area contributed by atoms with E-state index < -0.39 is 10.2 Å². The SMILES string of the molecule is O=C(CN1CCN(S(=O)(=O)N2CCc3ccccc3C2)CC1)Nc1ccccc1. The van der Waals surface area contributed by atoms with Crippen molar-refractivity contribution in [3.05, 3.63) is 65.7 Å². The van der Waals surface area contributed by atoms with Gasteiger partial charge in [0.2, 0.25) is 5.91 Å². The maximum Gasteiger partial charge on any atom is 0.282 e. The molecule has 1 N–H and O–H groups in total. The van der Waals surface area contributed by atoms with Crippen molar-refractivity contribution < 1.29 is 13.2 Å². The number of nitrogens with zero attached hydrogens (tertiary/aromatic N) is 3. The van der Waals surface area contributed by atoms with Crippen molar-refractivity contribution in [3.63, 3.8) is 0 Å². The standard InChI is InChI=1S/C21H26N4O3S/c26-21(22-20-8-2-1-3-9-20)17-23-12-14-24(15-13-23)29(27,28)25-11-10-18-6-4-5-7-19(18)16-25/h1-9H,10-17H2,(H,22,26). The highest BCUT2D eigenvalue weighted by molar-refractivity contribution is 7.86. The van der Waals surface area contributed by atoms with Crippen LogP contribution in [-0.4, -0.2) is 67.1 Å². The molecule has 1 amide bonds. The summed E-state index contributed by atoms with van der Waals surface area (Å²) in [6.07, 6.45) is 0.745. The van der Waals surface area contributed by atoms with Gasteiger partial charge in [-0.25, -0.2) is 0 Å². The van der Waals surface area contributed by atoms with Crippen molar-refractivity contribution >= 4 is 21.8 Å². The molecule has 0 bridgehead atoms. The van der Waals surface area contributed by atoms with Crippen LogP contribution in [0.4, 0.5) is 5.69 Å². The molecule has 0 aromatic heterocycles. The molecule has 2 aliphatic heterocycles. The van der Waals surface area contributed by atoms with Crippen LogP contribution in [0.2, 0.25) is 0 Å². The number of amides is 1. The van der Waals surface area contributed by atoms with E-state index in [4.69, 9.17) is 0 Å². The Balaban J connectivity index is 1.30. The molecule has 8 heteroatoms. The number of para-hydroxylation sites is 1. The van der Waals surface area contributed by atoms with Gasteiger partial charge in [0.1, 0.15) is 0 Å². The van der Waals surface area contributed by atoms with E-state index in [1.807, 2.05) is 53.4 Å². The first-order valence-corrected chi connectivity index (χ1v) is 11.3. The summed E-state index contributed by atoms with van der Waals surface area (Å²) in [6, 6.07) is 17.4. The average molecular weight is 415 g/mol. The van der Waals surface area contributed by atoms with Crippen LogP contribution in [0, 0.1) is 0 Å². The Morgan fingerprint density at radius 3 is 2.21 bits per heavy atom. The number of piperazine rings is 1. The smallest absolute Gasteiger partial charge is 0.282 e. The third-order valence-corrected chi connectivity index (χ3v) is 7.49. The molecule has 2 aromatic carbocycles. The Labute approximate surface area is 172 Å². The molecule has 1 saturated heterocycles. The summed E-state index contributed by atoms with van der Waals surface area (Å²) < 4.78 is 29.3. The first-order valence-electron chi connectivity index (χ1n) is 9.91. The minimum atomic E-state index is -3.49. The third kappa shape index (κ3) is 4.67. The van der Waals surface area contributed by atoms with E-state index in [0.717, 1.165) is 17.7 Å². The molecule has 4 rings (SSSR count). The Kier molecular flexibility index (Phi) is 5.96. The molecule has 1 fully saturated rings. The van der Waals surface area contributed by atoms with Gasteiger partial charge in [-0.05, 0) is 29.7 Å². The summed E-state index contributed by atoms with van der Waals surface area (Å²) in [5.74, 6) is -0.0832. The van der Waals surface area contributed by atoms with Crippen molar-refractivity contribution in [1.29, 1.82) is 0 Å². The molecule has 0 spiro atoms. The topological polar surface area (TPSA) is 73.0 Å². The van der Waals surface area contributed by atoms with Crippen molar-refractivity contribution in [1.82, 2.24) is 13.5 Å². The van der Waals surface area contributed by atoms with Crippen LogP contribution in [-0.2, 0) is 28.0 Å². The number of carbonyl (C=O) groups is 1. The zero-order valence-electron chi connectivity index (χ0n) is 16.3. The van der Waals surface area contributed by atoms with Crippen molar-refractivity contribution in [2.45, 2.75) is 13.0 Å². The van der Waals surface area contributed by atoms with E-state index in [9.17, 15) is 13.2 Å². The van der Waals surface area contributed by atoms with Gasteiger partial charge in [-0.3, -0.25) is 9.69 Å². The summed E-state index contributed by atoms with van der Waals surface area (Å²) in [6.45, 7) is 3.10. The molecule has 29 heavy (non-hydrogen) atoms. The van der Waals surface area contributed by atoms with Crippen molar-refractivity contribution in [2.75, 3.05) is 44.6 Å². The van der Waals surface area contributed by atoms with Crippen LogP contribution in [0.25, 0.3) is 0 Å². The highest BCUT2D eigenvalue weighted by atomic mass is 32.2. The molecule has 154 valence electrons. The number of carbonyl (C=O) groups excluding carboxylic acids is 1. The second-order valence-electron chi connectivity index (χ2n) is 7.45. The lowest BCUT2D eigenvalue weighted by atomic mass is 10.0. The van der Waals surface area contributed by atoms with E-state index in [1.54, 1.807) is 8.61 Å². The third-order valence-electron chi connectivity index (χ3n) is 5.50. The number of anilines is 1. The quantitative estimate of drug-likeness (QED) is 0.806. The summed E-state index contributed by atoms with van der Waals surface area (Å²) in [5, 5.41) is 2.87. The van der Waals surface area contributed by atoms with Gasteiger partial charge in [-0.2, -0.15) is 17.0 Å². The lowest BCUT2D eigenvalue weighted by Crippen LogP contribution is -2.54. The van der Waals surface area contributed by atoms with E-state index in [1.165, 1.54) is 5.56 Å². The molecular formula is C21H26N4O3S. The summed E-state index contributed by atoms with van der Waals surface area (Å²) >= 11 is 0. The second-order valence-corrected chi connectivity index (χ2v) is 9.38. The van der Waals surface area contributed by atoms with Gasteiger partial charge < -0.3 is 5.32 Å². The number of hydrogen-bond acceptors (Lipinski definition) is 4. The predicted molar refractivity (Wildman–Crippen MR) is 113 cm³/mol. The van der Waals surface area contributed by atoms with E-state index in [0.29, 0.717) is 39.3 Å². The van der Waals surface area contributed by atoms with Gasteiger partial charge in [-0.1, -0.05) is 42.5 Å². The minimum Gasteiger partial charge on any atom is -0.325 e. The van der Waals surface area contributed by atoms with Crippen molar-refractivity contribution in [3.8, 4) is 0 Å². The van der Waals surface area contributed by atoms with Crippen LogP contribution in [0.5, 0.6) is 0 Å². The van der Waals surface area contributed by atoms with Crippen molar-refractivity contribution in [2.24, 2.45) is 0 Å². The largest absolute Gasteiger partial charge is 0.325 e. The molecular weight excluding hydrogens is 388 g/mol. The van der Waals surface area contributed by atoms with Gasteiger partial charge in [0.15, 0.2) is 0 Å². The monoisotopic (exact) mass is 414 g/mol. The average Bonchev–Trinajstić information content (AvgIpc) is 2.74. The first-order chi connectivity index (χ1) is 14.0. The molecule has 7 nitrogen and oxygen atoms in total. The number of hydrogen-bond donors (Lipinski definition) is 1. The Hall–Kier alpha value is -2.26. The minimum absolute atomic E-state index is 0.0832. The molecule has 0 aliphatic carbocycles. The van der Waals surface area contributed by atoms with E-state index in [-0.39, 0.29) is 12.5 Å². The van der Waals surface area contributed by atoms with Gasteiger partial charge in [0.05, 0.1) is 6.54 Å². The van der Waals surface area contributed by atoms with Crippen LogP contribution in [0.1, 0.15) is 11.1 Å². The second kappa shape index (κ2) is 8.62. The molecule has 0 unspecified atom stereocenters. The van der Waals surface area contributed by atoms with Gasteiger partial charge in [0, 0.05) is 45.0 Å². The van der Waals surface area contributed by atoms with Crippen LogP contribution >= 0.6 is 0 Å². The summed E-state index contributed by atoms with van der Waals surface area (Å²) in [5.41, 5.74) is 3.08. The molecule has 2 heterocycles. The summed E-state index contributed by atoms with van der Waals surface area (Å²) in [4.78, 5) is 14.2. The van der Waals surface area contributed by atoms with E-state index >= 15 is 0 Å². The van der Waals surface area contributed by atoms with Crippen LogP contribution in [0.15, 0.2) is 54.6 Å². The highest BCUT2D eigenvalue weighted by Crippen LogP contribution is 2.23. The maximum absolute atomic E-state index is 13.1. The fourth-order valence-corrected chi connectivity index (χ4v) is 5.45. The highest BCUT2D eigenvalue weighted by Gasteiger charge is 2.34. The van der Waals surface area contributed by atoms with Gasteiger partial charge in [-0.15, -0.1) is 0 Å². The predicted octanol–water partition coefficient (Wildman–Crippen LogP) is 1.55. The number of rotatable bonds is 5. The summed E-state index contributed by atoms with van der Waals surface area (Å²) in [7, 11) is -3.49. The normalized spacial score (nSPS) is 18.9. The molecule has 0 atom stereocenters. The zero-order chi connectivity index (χ0) is 20.3. The number of benzene rings is 2. The Morgan fingerprint density at radius 2 is 1.48 bits per heavy atom. The number of nitrogens with one attached hydrogen (secondary N) is 1. The lowest BCUT2D eigenvalue weighted by molar-refractivity contribution is -0.117. The lowest BCUT2D eigenvalue weighted by Gasteiger charge is -2.37. The van der Waals surface area contributed by atoms with Crippen LogP contribution < -0.4 is 5.32 Å². The maximum atomic E-state index is 13.1. The molecule has 2 aliphatic rings. The molecule has 2 aromatic rings. The van der Waals surface area contributed by atoms with Crippen LogP contribution in [0.3, 0.4) is 0 Å². The Morgan fingerprint density at radius 1 is 0.828 bits per heavy atom. The van der Waals surface area contributed by atoms with E-state index in [2.05, 4.69) is 11.4 Å².